The van der Waals surface area contributed by atoms with E-state index < -0.39 is 12.1 Å². The molecule has 1 rings (SSSR count). The number of carbonyl (C=O) groups excluding carboxylic acids is 2. The molecule has 0 aromatic heterocycles. The highest BCUT2D eigenvalue weighted by Crippen LogP contribution is 2.29. The lowest BCUT2D eigenvalue weighted by atomic mass is 9.81. The lowest BCUT2D eigenvalue weighted by Crippen LogP contribution is -2.28. The van der Waals surface area contributed by atoms with Crippen LogP contribution in [-0.4, -0.2) is 24.6 Å². The van der Waals surface area contributed by atoms with Gasteiger partial charge in [0.15, 0.2) is 0 Å². The Balaban J connectivity index is 2.44. The molecule has 17 heavy (non-hydrogen) atoms. The van der Waals surface area contributed by atoms with Gasteiger partial charge in [0, 0.05) is 6.42 Å². The predicted octanol–water partition coefficient (Wildman–Crippen LogP) is 2.31. The highest BCUT2D eigenvalue weighted by molar-refractivity contribution is 5.81. The first-order valence-electron chi connectivity index (χ1n) is 6.23. The van der Waals surface area contributed by atoms with Gasteiger partial charge in [0.25, 0.3) is 0 Å². The molecule has 0 aliphatic carbocycles. The van der Waals surface area contributed by atoms with E-state index in [-0.39, 0.29) is 17.3 Å². The topological polar surface area (TPSA) is 52.6 Å². The van der Waals surface area contributed by atoms with E-state index in [1.807, 2.05) is 6.92 Å². The van der Waals surface area contributed by atoms with Crippen molar-refractivity contribution in [1.82, 2.24) is 0 Å². The molecule has 1 saturated heterocycles. The zero-order chi connectivity index (χ0) is 13.1. The fourth-order valence-electron chi connectivity index (χ4n) is 1.90. The molecule has 1 aliphatic heterocycles. The van der Waals surface area contributed by atoms with Crippen molar-refractivity contribution < 1.29 is 19.1 Å². The molecule has 1 fully saturated rings. The summed E-state index contributed by atoms with van der Waals surface area (Å²) in [7, 11) is 0. The van der Waals surface area contributed by atoms with Gasteiger partial charge in [-0.1, -0.05) is 34.1 Å². The van der Waals surface area contributed by atoms with Crippen LogP contribution in [0.1, 0.15) is 47.0 Å². The summed E-state index contributed by atoms with van der Waals surface area (Å²) in [5, 5.41) is 0. The molecule has 0 amide bonds. The standard InChI is InChI=1S/C13H22O4/c1-5-13(3,4)8-9(2)11(14)17-10-6-7-16-12(10)15/h9-10H,5-8H2,1-4H3. The van der Waals surface area contributed by atoms with Crippen molar-refractivity contribution in [2.45, 2.75) is 53.1 Å². The van der Waals surface area contributed by atoms with Gasteiger partial charge in [-0.3, -0.25) is 4.79 Å². The van der Waals surface area contributed by atoms with E-state index >= 15 is 0 Å². The molecule has 2 unspecified atom stereocenters. The molecule has 0 aromatic carbocycles. The number of hydrogen-bond donors (Lipinski definition) is 0. The molecule has 98 valence electrons. The Hall–Kier alpha value is -1.06. The Morgan fingerprint density at radius 2 is 2.24 bits per heavy atom. The first kappa shape index (κ1) is 14.0. The molecule has 0 saturated carbocycles. The molecule has 0 spiro atoms. The maximum Gasteiger partial charge on any atom is 0.347 e. The molecule has 0 aromatic rings. The van der Waals surface area contributed by atoms with Gasteiger partial charge in [0.05, 0.1) is 12.5 Å². The minimum Gasteiger partial charge on any atom is -0.463 e. The molecule has 0 N–H and O–H groups in total. The van der Waals surface area contributed by atoms with Crippen molar-refractivity contribution in [3.63, 3.8) is 0 Å². The van der Waals surface area contributed by atoms with E-state index in [0.29, 0.717) is 13.0 Å². The molecular formula is C13H22O4. The average Bonchev–Trinajstić information content (AvgIpc) is 2.64. The molecule has 1 heterocycles. The summed E-state index contributed by atoms with van der Waals surface area (Å²) in [6.45, 7) is 8.55. The van der Waals surface area contributed by atoms with E-state index in [2.05, 4.69) is 20.8 Å². The van der Waals surface area contributed by atoms with Crippen LogP contribution in [0.3, 0.4) is 0 Å². The lowest BCUT2D eigenvalue weighted by molar-refractivity contribution is -0.163. The zero-order valence-corrected chi connectivity index (χ0v) is 11.1. The van der Waals surface area contributed by atoms with E-state index in [1.54, 1.807) is 0 Å². The second-order valence-corrected chi connectivity index (χ2v) is 5.50. The number of hydrogen-bond acceptors (Lipinski definition) is 4. The van der Waals surface area contributed by atoms with Crippen LogP contribution < -0.4 is 0 Å². The van der Waals surface area contributed by atoms with Crippen molar-refractivity contribution in [1.29, 1.82) is 0 Å². The van der Waals surface area contributed by atoms with Gasteiger partial charge in [-0.25, -0.2) is 4.79 Å². The van der Waals surface area contributed by atoms with Gasteiger partial charge in [0.2, 0.25) is 6.10 Å². The summed E-state index contributed by atoms with van der Waals surface area (Å²) in [4.78, 5) is 23.0. The van der Waals surface area contributed by atoms with Crippen LogP contribution in [0, 0.1) is 11.3 Å². The Kier molecular flexibility index (Phi) is 4.54. The molecule has 2 atom stereocenters. The second kappa shape index (κ2) is 5.52. The molecule has 0 radical (unpaired) electrons. The fourth-order valence-corrected chi connectivity index (χ4v) is 1.90. The fraction of sp³-hybridized carbons (Fsp3) is 0.846. The first-order chi connectivity index (χ1) is 7.85. The van der Waals surface area contributed by atoms with Crippen LogP contribution in [0.2, 0.25) is 0 Å². The van der Waals surface area contributed by atoms with Gasteiger partial charge >= 0.3 is 11.9 Å². The van der Waals surface area contributed by atoms with Crippen LogP contribution >= 0.6 is 0 Å². The smallest absolute Gasteiger partial charge is 0.347 e. The summed E-state index contributed by atoms with van der Waals surface area (Å²) in [5.74, 6) is -0.894. The molecule has 4 nitrogen and oxygen atoms in total. The quantitative estimate of drug-likeness (QED) is 0.694. The van der Waals surface area contributed by atoms with Gasteiger partial charge in [-0.15, -0.1) is 0 Å². The van der Waals surface area contributed by atoms with Gasteiger partial charge in [-0.2, -0.15) is 0 Å². The normalized spacial score (nSPS) is 22.1. The van der Waals surface area contributed by atoms with Gasteiger partial charge in [-0.05, 0) is 11.8 Å². The van der Waals surface area contributed by atoms with Crippen LogP contribution in [-0.2, 0) is 19.1 Å². The predicted molar refractivity (Wildman–Crippen MR) is 63.3 cm³/mol. The number of cyclic esters (lactones) is 1. The largest absolute Gasteiger partial charge is 0.463 e. The summed E-state index contributed by atoms with van der Waals surface area (Å²) in [6, 6.07) is 0. The van der Waals surface area contributed by atoms with Crippen molar-refractivity contribution >= 4 is 11.9 Å². The summed E-state index contributed by atoms with van der Waals surface area (Å²) in [6.07, 6.45) is 1.57. The number of rotatable bonds is 5. The third-order valence-corrected chi connectivity index (χ3v) is 3.36. The number of esters is 2. The maximum atomic E-state index is 11.8. The Morgan fingerprint density at radius 1 is 1.59 bits per heavy atom. The second-order valence-electron chi connectivity index (χ2n) is 5.50. The summed E-state index contributed by atoms with van der Waals surface area (Å²) >= 11 is 0. The Bertz CT molecular complexity index is 296. The van der Waals surface area contributed by atoms with E-state index in [1.165, 1.54) is 0 Å². The highest BCUT2D eigenvalue weighted by Gasteiger charge is 2.32. The molecule has 0 bridgehead atoms. The summed E-state index contributed by atoms with van der Waals surface area (Å²) in [5.41, 5.74) is 0.120. The van der Waals surface area contributed by atoms with Crippen molar-refractivity contribution in [2.75, 3.05) is 6.61 Å². The minimum atomic E-state index is -0.685. The van der Waals surface area contributed by atoms with Crippen molar-refractivity contribution in [2.24, 2.45) is 11.3 Å². The Labute approximate surface area is 103 Å². The maximum absolute atomic E-state index is 11.8. The van der Waals surface area contributed by atoms with Crippen LogP contribution in [0.25, 0.3) is 0 Å². The third kappa shape index (κ3) is 4.02. The summed E-state index contributed by atoms with van der Waals surface area (Å²) < 4.78 is 9.91. The monoisotopic (exact) mass is 242 g/mol. The number of ether oxygens (including phenoxy) is 2. The first-order valence-corrected chi connectivity index (χ1v) is 6.23. The SMILES string of the molecule is CCC(C)(C)CC(C)C(=O)OC1CCOC1=O. The molecule has 1 aliphatic rings. The van der Waals surface area contributed by atoms with Gasteiger partial charge < -0.3 is 9.47 Å². The van der Waals surface area contributed by atoms with Crippen molar-refractivity contribution in [3.05, 3.63) is 0 Å². The van der Waals surface area contributed by atoms with E-state index in [4.69, 9.17) is 9.47 Å². The van der Waals surface area contributed by atoms with Crippen LogP contribution in [0.15, 0.2) is 0 Å². The van der Waals surface area contributed by atoms with Gasteiger partial charge in [0.1, 0.15) is 0 Å². The average molecular weight is 242 g/mol. The lowest BCUT2D eigenvalue weighted by Gasteiger charge is -2.25. The molecule has 4 heteroatoms. The van der Waals surface area contributed by atoms with Crippen LogP contribution in [0.4, 0.5) is 0 Å². The molecular weight excluding hydrogens is 220 g/mol. The third-order valence-electron chi connectivity index (χ3n) is 3.36. The van der Waals surface area contributed by atoms with Crippen LogP contribution in [0.5, 0.6) is 0 Å². The van der Waals surface area contributed by atoms with E-state index in [9.17, 15) is 9.59 Å². The Morgan fingerprint density at radius 3 is 2.71 bits per heavy atom. The minimum absolute atomic E-state index is 0.120. The van der Waals surface area contributed by atoms with E-state index in [0.717, 1.165) is 12.8 Å². The highest BCUT2D eigenvalue weighted by atomic mass is 16.6. The zero-order valence-electron chi connectivity index (χ0n) is 11.1. The van der Waals surface area contributed by atoms with Crippen molar-refractivity contribution in [3.8, 4) is 0 Å². The number of carbonyl (C=O) groups is 2.